The van der Waals surface area contributed by atoms with Crippen LogP contribution in [0.3, 0.4) is 0 Å². The Hall–Kier alpha value is -1.12. The van der Waals surface area contributed by atoms with Crippen LogP contribution < -0.4 is 4.72 Å². The van der Waals surface area contributed by atoms with Crippen molar-refractivity contribution < 1.29 is 12.8 Å². The van der Waals surface area contributed by atoms with E-state index in [1.54, 1.807) is 12.3 Å². The van der Waals surface area contributed by atoms with E-state index in [4.69, 9.17) is 23.2 Å². The molecule has 2 aromatic heterocycles. The average molecular weight is 393 g/mol. The Morgan fingerprint density at radius 3 is 2.74 bits per heavy atom. The smallest absolute Gasteiger partial charge is 0.242 e. The second-order valence-corrected chi connectivity index (χ2v) is 8.86. The summed E-state index contributed by atoms with van der Waals surface area (Å²) in [5, 5.41) is 0.737. The highest BCUT2D eigenvalue weighted by atomic mass is 35.5. The fraction of sp³-hybridized carbons (Fsp3) is 0.143. The molecule has 0 saturated carbocycles. The number of benzene rings is 1. The third kappa shape index (κ3) is 3.54. The summed E-state index contributed by atoms with van der Waals surface area (Å²) in [4.78, 5) is 3.00. The van der Waals surface area contributed by atoms with Gasteiger partial charge in [-0.25, -0.2) is 17.5 Å². The fourth-order valence-electron chi connectivity index (χ4n) is 2.26. The minimum Gasteiger partial charge on any atom is -0.361 e. The predicted octanol–water partition coefficient (Wildman–Crippen LogP) is 4.20. The van der Waals surface area contributed by atoms with Gasteiger partial charge < -0.3 is 4.98 Å². The van der Waals surface area contributed by atoms with Crippen molar-refractivity contribution in [1.29, 1.82) is 0 Å². The van der Waals surface area contributed by atoms with Crippen molar-refractivity contribution in [2.45, 2.75) is 11.3 Å². The van der Waals surface area contributed by atoms with E-state index in [0.29, 0.717) is 10.8 Å². The number of nitrogens with one attached hydrogen (secondary N) is 2. The van der Waals surface area contributed by atoms with E-state index in [1.165, 1.54) is 18.2 Å². The second-order valence-electron chi connectivity index (χ2n) is 4.84. The SMILES string of the molecule is O=S(=O)(NCCc1c[nH]c2ccc(F)cc12)c1cc(Cl)sc1Cl. The van der Waals surface area contributed by atoms with Crippen LogP contribution in [-0.4, -0.2) is 19.9 Å². The zero-order valence-electron chi connectivity index (χ0n) is 11.6. The van der Waals surface area contributed by atoms with Crippen molar-refractivity contribution in [1.82, 2.24) is 9.71 Å². The Labute approximate surface area is 146 Å². The lowest BCUT2D eigenvalue weighted by Crippen LogP contribution is -2.25. The first-order chi connectivity index (χ1) is 10.9. The summed E-state index contributed by atoms with van der Waals surface area (Å²) < 4.78 is 40.6. The monoisotopic (exact) mass is 392 g/mol. The van der Waals surface area contributed by atoms with Gasteiger partial charge in [0.25, 0.3) is 0 Å². The Morgan fingerprint density at radius 2 is 2.04 bits per heavy atom. The number of H-pyrrole nitrogens is 1. The van der Waals surface area contributed by atoms with Crippen molar-refractivity contribution in [3.8, 4) is 0 Å². The largest absolute Gasteiger partial charge is 0.361 e. The molecule has 4 nitrogen and oxygen atoms in total. The number of aromatic nitrogens is 1. The Bertz CT molecular complexity index is 966. The number of aromatic amines is 1. The maximum Gasteiger partial charge on any atom is 0.242 e. The Kier molecular flexibility index (Phi) is 4.66. The van der Waals surface area contributed by atoms with Crippen LogP contribution in [0.2, 0.25) is 8.67 Å². The number of fused-ring (bicyclic) bond motifs is 1. The van der Waals surface area contributed by atoms with E-state index in [9.17, 15) is 12.8 Å². The molecule has 0 aliphatic rings. The molecule has 0 aliphatic heterocycles. The molecule has 2 N–H and O–H groups in total. The highest BCUT2D eigenvalue weighted by Crippen LogP contribution is 2.34. The summed E-state index contributed by atoms with van der Waals surface area (Å²) in [6.07, 6.45) is 2.16. The normalized spacial score (nSPS) is 12.1. The molecule has 122 valence electrons. The van der Waals surface area contributed by atoms with Crippen LogP contribution in [0, 0.1) is 5.82 Å². The molecular weight excluding hydrogens is 382 g/mol. The van der Waals surface area contributed by atoms with Gasteiger partial charge in [-0.05, 0) is 36.2 Å². The number of hydrogen-bond donors (Lipinski definition) is 2. The molecule has 0 aliphatic carbocycles. The van der Waals surface area contributed by atoms with Gasteiger partial charge in [0.1, 0.15) is 15.0 Å². The zero-order valence-corrected chi connectivity index (χ0v) is 14.7. The molecule has 3 rings (SSSR count). The molecule has 0 saturated heterocycles. The molecule has 9 heteroatoms. The van der Waals surface area contributed by atoms with Crippen LogP contribution in [0.15, 0.2) is 35.4 Å². The van der Waals surface area contributed by atoms with Crippen LogP contribution in [0.25, 0.3) is 10.9 Å². The second kappa shape index (κ2) is 6.41. The number of thiophene rings is 1. The van der Waals surface area contributed by atoms with Gasteiger partial charge in [0.15, 0.2) is 0 Å². The lowest BCUT2D eigenvalue weighted by atomic mass is 10.1. The molecule has 1 aromatic carbocycles. The number of hydrogen-bond acceptors (Lipinski definition) is 3. The van der Waals surface area contributed by atoms with E-state index in [0.717, 1.165) is 27.8 Å². The van der Waals surface area contributed by atoms with Crippen LogP contribution in [0.1, 0.15) is 5.56 Å². The highest BCUT2D eigenvalue weighted by molar-refractivity contribution is 7.89. The van der Waals surface area contributed by atoms with Gasteiger partial charge in [-0.1, -0.05) is 23.2 Å². The lowest BCUT2D eigenvalue weighted by molar-refractivity contribution is 0.582. The maximum atomic E-state index is 13.3. The van der Waals surface area contributed by atoms with E-state index in [-0.39, 0.29) is 21.6 Å². The standard InChI is InChI=1S/C14H11Cl2FN2O2S2/c15-13-6-12(14(16)22-13)23(20,21)19-4-3-8-7-18-11-2-1-9(17)5-10(8)11/h1-2,5-7,18-19H,3-4H2. The van der Waals surface area contributed by atoms with Gasteiger partial charge in [0, 0.05) is 23.6 Å². The molecule has 3 aromatic rings. The fourth-order valence-corrected chi connectivity index (χ4v) is 5.44. The topological polar surface area (TPSA) is 62.0 Å². The lowest BCUT2D eigenvalue weighted by Gasteiger charge is -2.05. The minimum atomic E-state index is -3.73. The van der Waals surface area contributed by atoms with Gasteiger partial charge in [-0.2, -0.15) is 0 Å². The van der Waals surface area contributed by atoms with Gasteiger partial charge in [-0.3, -0.25) is 0 Å². The van der Waals surface area contributed by atoms with Crippen molar-refractivity contribution >= 4 is 55.5 Å². The summed E-state index contributed by atoms with van der Waals surface area (Å²) in [5.41, 5.74) is 1.63. The summed E-state index contributed by atoms with van der Waals surface area (Å²) in [7, 11) is -3.73. The third-order valence-corrected chi connectivity index (χ3v) is 6.54. The quantitative estimate of drug-likeness (QED) is 0.683. The Balaban J connectivity index is 1.73. The molecule has 0 spiro atoms. The highest BCUT2D eigenvalue weighted by Gasteiger charge is 2.20. The van der Waals surface area contributed by atoms with Gasteiger partial charge in [-0.15, -0.1) is 11.3 Å². The molecule has 0 unspecified atom stereocenters. The molecule has 0 atom stereocenters. The summed E-state index contributed by atoms with van der Waals surface area (Å²) in [6, 6.07) is 5.75. The number of rotatable bonds is 5. The molecular formula is C14H11Cl2FN2O2S2. The van der Waals surface area contributed by atoms with E-state index in [1.807, 2.05) is 0 Å². The third-order valence-electron chi connectivity index (χ3n) is 3.33. The molecule has 0 radical (unpaired) electrons. The summed E-state index contributed by atoms with van der Waals surface area (Å²) >= 11 is 12.6. The van der Waals surface area contributed by atoms with E-state index in [2.05, 4.69) is 9.71 Å². The zero-order chi connectivity index (χ0) is 16.6. The Morgan fingerprint density at radius 1 is 1.26 bits per heavy atom. The summed E-state index contributed by atoms with van der Waals surface area (Å²) in [6.45, 7) is 0.162. The number of sulfonamides is 1. The van der Waals surface area contributed by atoms with Crippen LogP contribution in [-0.2, 0) is 16.4 Å². The molecule has 23 heavy (non-hydrogen) atoms. The van der Waals surface area contributed by atoms with Gasteiger partial charge in [0.05, 0.1) is 4.34 Å². The molecule has 0 bridgehead atoms. The van der Waals surface area contributed by atoms with Crippen molar-refractivity contribution in [3.63, 3.8) is 0 Å². The van der Waals surface area contributed by atoms with Crippen molar-refractivity contribution in [2.75, 3.05) is 6.54 Å². The maximum absolute atomic E-state index is 13.3. The van der Waals surface area contributed by atoms with Crippen LogP contribution >= 0.6 is 34.5 Å². The molecule has 0 amide bonds. The van der Waals surface area contributed by atoms with Crippen molar-refractivity contribution in [2.24, 2.45) is 0 Å². The first-order valence-corrected chi connectivity index (χ1v) is 9.62. The van der Waals surface area contributed by atoms with E-state index < -0.39 is 10.0 Å². The van der Waals surface area contributed by atoms with Crippen molar-refractivity contribution in [3.05, 3.63) is 50.5 Å². The minimum absolute atomic E-state index is 0.0286. The van der Waals surface area contributed by atoms with E-state index >= 15 is 0 Å². The van der Waals surface area contributed by atoms with Gasteiger partial charge >= 0.3 is 0 Å². The molecule has 2 heterocycles. The number of halogens is 3. The molecule has 0 fully saturated rings. The predicted molar refractivity (Wildman–Crippen MR) is 91.5 cm³/mol. The van der Waals surface area contributed by atoms with Crippen LogP contribution in [0.4, 0.5) is 4.39 Å². The van der Waals surface area contributed by atoms with Crippen LogP contribution in [0.5, 0.6) is 0 Å². The first-order valence-electron chi connectivity index (χ1n) is 6.57. The summed E-state index contributed by atoms with van der Waals surface area (Å²) in [5.74, 6) is -0.335. The van der Waals surface area contributed by atoms with Gasteiger partial charge in [0.2, 0.25) is 10.0 Å². The first kappa shape index (κ1) is 16.7. The average Bonchev–Trinajstić information content (AvgIpc) is 3.02.